The van der Waals surface area contributed by atoms with Crippen molar-refractivity contribution in [3.05, 3.63) is 44.4 Å². The Morgan fingerprint density at radius 2 is 2.15 bits per heavy atom. The summed E-state index contributed by atoms with van der Waals surface area (Å²) in [5.41, 5.74) is 1.82. The zero-order valence-corrected chi connectivity index (χ0v) is 14.2. The summed E-state index contributed by atoms with van der Waals surface area (Å²) in [6, 6.07) is 5.61. The Labute approximate surface area is 137 Å². The van der Waals surface area contributed by atoms with Crippen molar-refractivity contribution in [1.29, 1.82) is 0 Å². The number of hydrogen-bond donors (Lipinski definition) is 2. The van der Waals surface area contributed by atoms with Gasteiger partial charge in [-0.2, -0.15) is 0 Å². The number of nitrogens with one attached hydrogen (secondary N) is 2. The number of unbranched alkanes of at least 4 members (excludes halogenated alkanes) is 1. The first-order valence-corrected chi connectivity index (χ1v) is 8.07. The van der Waals surface area contributed by atoms with E-state index in [2.05, 4.69) is 38.1 Å². The number of aromatic nitrogens is 2. The standard InChI is InChI=1S/C14H16BrCl2N3/c1-2-3-4-13-19-12(14(17)20-13)8-18-11-7-9(16)5-6-10(11)15/h5-7,18H,2-4,8H2,1H3,(H,19,20). The molecular weight excluding hydrogens is 361 g/mol. The van der Waals surface area contributed by atoms with E-state index in [1.165, 1.54) is 0 Å². The highest BCUT2D eigenvalue weighted by Gasteiger charge is 2.08. The molecule has 0 saturated carbocycles. The lowest BCUT2D eigenvalue weighted by molar-refractivity contribution is 0.760. The van der Waals surface area contributed by atoms with Gasteiger partial charge in [0.15, 0.2) is 5.15 Å². The molecule has 108 valence electrons. The Morgan fingerprint density at radius 1 is 1.35 bits per heavy atom. The van der Waals surface area contributed by atoms with Crippen LogP contribution in [0.5, 0.6) is 0 Å². The Hall–Kier alpha value is -0.710. The van der Waals surface area contributed by atoms with Crippen molar-refractivity contribution in [3.63, 3.8) is 0 Å². The van der Waals surface area contributed by atoms with E-state index in [1.807, 2.05) is 18.2 Å². The van der Waals surface area contributed by atoms with E-state index < -0.39 is 0 Å². The minimum atomic E-state index is 0.529. The van der Waals surface area contributed by atoms with Crippen molar-refractivity contribution < 1.29 is 0 Å². The molecule has 0 bridgehead atoms. The van der Waals surface area contributed by atoms with Gasteiger partial charge in [-0.1, -0.05) is 36.5 Å². The average molecular weight is 377 g/mol. The first kappa shape index (κ1) is 15.7. The maximum atomic E-state index is 6.14. The van der Waals surface area contributed by atoms with E-state index in [9.17, 15) is 0 Å². The van der Waals surface area contributed by atoms with Gasteiger partial charge in [0.25, 0.3) is 0 Å². The van der Waals surface area contributed by atoms with Gasteiger partial charge in [-0.15, -0.1) is 0 Å². The molecule has 2 aromatic rings. The molecule has 0 unspecified atom stereocenters. The van der Waals surface area contributed by atoms with Gasteiger partial charge < -0.3 is 10.3 Å². The smallest absolute Gasteiger partial charge is 0.152 e. The summed E-state index contributed by atoms with van der Waals surface area (Å²) in [7, 11) is 0. The van der Waals surface area contributed by atoms with Gasteiger partial charge in [0.05, 0.1) is 17.9 Å². The van der Waals surface area contributed by atoms with E-state index >= 15 is 0 Å². The van der Waals surface area contributed by atoms with Crippen LogP contribution in [0.4, 0.5) is 5.69 Å². The third kappa shape index (κ3) is 4.14. The highest BCUT2D eigenvalue weighted by atomic mass is 79.9. The predicted octanol–water partition coefficient (Wildman–Crippen LogP) is 5.43. The van der Waals surface area contributed by atoms with Crippen LogP contribution in [0.3, 0.4) is 0 Å². The van der Waals surface area contributed by atoms with Gasteiger partial charge in [0, 0.05) is 15.9 Å². The van der Waals surface area contributed by atoms with Crippen LogP contribution in [0.2, 0.25) is 10.2 Å². The van der Waals surface area contributed by atoms with Crippen molar-refractivity contribution in [1.82, 2.24) is 9.97 Å². The molecule has 3 nitrogen and oxygen atoms in total. The maximum absolute atomic E-state index is 6.14. The largest absolute Gasteiger partial charge is 0.378 e. The molecule has 2 N–H and O–H groups in total. The predicted molar refractivity (Wildman–Crippen MR) is 88.7 cm³/mol. The normalized spacial score (nSPS) is 10.8. The van der Waals surface area contributed by atoms with Gasteiger partial charge in [0.1, 0.15) is 5.82 Å². The topological polar surface area (TPSA) is 40.7 Å². The summed E-state index contributed by atoms with van der Waals surface area (Å²) in [6.45, 7) is 2.74. The summed E-state index contributed by atoms with van der Waals surface area (Å²) in [6.07, 6.45) is 3.18. The number of rotatable bonds is 6. The fourth-order valence-electron chi connectivity index (χ4n) is 1.84. The minimum absolute atomic E-state index is 0.529. The number of hydrogen-bond acceptors (Lipinski definition) is 2. The van der Waals surface area contributed by atoms with Crippen molar-refractivity contribution >= 4 is 44.8 Å². The SMILES string of the molecule is CCCCc1nc(Cl)c(CNc2cc(Cl)ccc2Br)[nH]1. The molecule has 0 spiro atoms. The second kappa shape index (κ2) is 7.34. The number of halogens is 3. The molecule has 0 radical (unpaired) electrons. The molecule has 0 aliphatic heterocycles. The fraction of sp³-hybridized carbons (Fsp3) is 0.357. The first-order chi connectivity index (χ1) is 9.60. The van der Waals surface area contributed by atoms with Crippen LogP contribution in [-0.4, -0.2) is 9.97 Å². The molecule has 0 atom stereocenters. The number of H-pyrrole nitrogens is 1. The van der Waals surface area contributed by atoms with Crippen LogP contribution in [0.25, 0.3) is 0 Å². The van der Waals surface area contributed by atoms with Crippen LogP contribution in [-0.2, 0) is 13.0 Å². The molecule has 0 aliphatic rings. The second-order valence-corrected chi connectivity index (χ2v) is 6.18. The summed E-state index contributed by atoms with van der Waals surface area (Å²) in [5, 5.41) is 4.51. The quantitative estimate of drug-likeness (QED) is 0.705. The van der Waals surface area contributed by atoms with E-state index in [4.69, 9.17) is 23.2 Å². The Kier molecular flexibility index (Phi) is 5.75. The maximum Gasteiger partial charge on any atom is 0.152 e. The van der Waals surface area contributed by atoms with E-state index in [1.54, 1.807) is 0 Å². The second-order valence-electron chi connectivity index (χ2n) is 4.53. The van der Waals surface area contributed by atoms with E-state index in [0.717, 1.165) is 40.9 Å². The number of anilines is 1. The number of imidazole rings is 1. The molecule has 1 aromatic carbocycles. The summed E-state index contributed by atoms with van der Waals surface area (Å²) in [4.78, 5) is 7.60. The Balaban J connectivity index is 2.03. The highest BCUT2D eigenvalue weighted by Crippen LogP contribution is 2.26. The van der Waals surface area contributed by atoms with Crippen molar-refractivity contribution in [2.45, 2.75) is 32.7 Å². The fourth-order valence-corrected chi connectivity index (χ4v) is 2.61. The number of nitrogens with zero attached hydrogens (tertiary/aromatic N) is 1. The first-order valence-electron chi connectivity index (χ1n) is 6.52. The van der Waals surface area contributed by atoms with Crippen molar-refractivity contribution in [2.24, 2.45) is 0 Å². The van der Waals surface area contributed by atoms with E-state index in [-0.39, 0.29) is 0 Å². The van der Waals surface area contributed by atoms with Crippen molar-refractivity contribution in [3.8, 4) is 0 Å². The zero-order chi connectivity index (χ0) is 14.5. The highest BCUT2D eigenvalue weighted by molar-refractivity contribution is 9.10. The zero-order valence-electron chi connectivity index (χ0n) is 11.1. The van der Waals surface area contributed by atoms with E-state index in [0.29, 0.717) is 16.7 Å². The number of aromatic amines is 1. The number of aryl methyl sites for hydroxylation is 1. The molecule has 0 aliphatic carbocycles. The van der Waals surface area contributed by atoms with Crippen LogP contribution >= 0.6 is 39.1 Å². The van der Waals surface area contributed by atoms with Crippen LogP contribution < -0.4 is 5.32 Å². The van der Waals surface area contributed by atoms with Gasteiger partial charge in [-0.3, -0.25) is 0 Å². The number of benzene rings is 1. The molecule has 0 amide bonds. The van der Waals surface area contributed by atoms with Crippen molar-refractivity contribution in [2.75, 3.05) is 5.32 Å². The van der Waals surface area contributed by atoms with Gasteiger partial charge in [-0.05, 0) is 40.5 Å². The molecule has 6 heteroatoms. The summed E-state index contributed by atoms with van der Waals surface area (Å²) in [5.74, 6) is 0.943. The van der Waals surface area contributed by atoms with Crippen LogP contribution in [0.1, 0.15) is 31.3 Å². The molecule has 1 aromatic heterocycles. The summed E-state index contributed by atoms with van der Waals surface area (Å²) < 4.78 is 0.962. The lowest BCUT2D eigenvalue weighted by Gasteiger charge is -2.08. The molecule has 2 rings (SSSR count). The Morgan fingerprint density at radius 3 is 2.90 bits per heavy atom. The van der Waals surface area contributed by atoms with Gasteiger partial charge in [-0.25, -0.2) is 4.98 Å². The lowest BCUT2D eigenvalue weighted by atomic mass is 10.2. The van der Waals surface area contributed by atoms with Crippen LogP contribution in [0.15, 0.2) is 22.7 Å². The molecular formula is C14H16BrCl2N3. The molecule has 1 heterocycles. The van der Waals surface area contributed by atoms with Crippen LogP contribution in [0, 0.1) is 0 Å². The third-order valence-corrected chi connectivity index (χ3v) is 4.17. The van der Waals surface area contributed by atoms with Gasteiger partial charge >= 0.3 is 0 Å². The molecule has 0 saturated heterocycles. The minimum Gasteiger partial charge on any atom is -0.378 e. The monoisotopic (exact) mass is 375 g/mol. The average Bonchev–Trinajstić information content (AvgIpc) is 2.78. The third-order valence-electron chi connectivity index (χ3n) is 2.93. The lowest BCUT2D eigenvalue weighted by Crippen LogP contribution is -2.01. The Bertz CT molecular complexity index is 584. The van der Waals surface area contributed by atoms with Gasteiger partial charge in [0.2, 0.25) is 0 Å². The summed E-state index contributed by atoms with van der Waals surface area (Å²) >= 11 is 15.6. The molecule has 0 fully saturated rings. The molecule has 20 heavy (non-hydrogen) atoms.